The molecule has 0 radical (unpaired) electrons. The van der Waals surface area contributed by atoms with Crippen LogP contribution >= 0.6 is 22.9 Å². The minimum Gasteiger partial charge on any atom is -0.334 e. The lowest BCUT2D eigenvalue weighted by Crippen LogP contribution is -2.45. The lowest BCUT2D eigenvalue weighted by molar-refractivity contribution is 0.203. The quantitative estimate of drug-likeness (QED) is 0.359. The zero-order chi connectivity index (χ0) is 22.9. The number of thiophene rings is 1. The molecule has 1 aliphatic heterocycles. The van der Waals surface area contributed by atoms with Crippen LogP contribution < -0.4 is 5.32 Å². The standard InChI is InChI=1S/C25H21ClN4O2S/c1-15-6-3-8-18(12-15)23-28-24(32-29-23)21-16(2)30(14-20-10-5-11-33-20)25(31)27-22(21)17-7-4-9-19(26)13-17/h3-13,22H,14H2,1-2H3,(H,27,31). The molecule has 1 atom stereocenters. The van der Waals surface area contributed by atoms with Crippen LogP contribution in [0.5, 0.6) is 0 Å². The third-order valence-corrected chi connectivity index (χ3v) is 6.70. The molecule has 0 saturated carbocycles. The monoisotopic (exact) mass is 476 g/mol. The van der Waals surface area contributed by atoms with E-state index in [0.717, 1.165) is 32.8 Å². The van der Waals surface area contributed by atoms with Gasteiger partial charge in [-0.2, -0.15) is 4.98 Å². The summed E-state index contributed by atoms with van der Waals surface area (Å²) in [6, 6.07) is 18.7. The Kier molecular flexibility index (Phi) is 5.74. The molecule has 1 aliphatic rings. The Morgan fingerprint density at radius 2 is 1.97 bits per heavy atom. The van der Waals surface area contributed by atoms with Crippen molar-refractivity contribution >= 4 is 34.5 Å². The van der Waals surface area contributed by atoms with Gasteiger partial charge in [-0.25, -0.2) is 4.79 Å². The highest BCUT2D eigenvalue weighted by atomic mass is 35.5. The average Bonchev–Trinajstić information content (AvgIpc) is 3.49. The van der Waals surface area contributed by atoms with Crippen molar-refractivity contribution in [2.45, 2.75) is 26.4 Å². The fraction of sp³-hybridized carbons (Fsp3) is 0.160. The van der Waals surface area contributed by atoms with Crippen molar-refractivity contribution in [3.63, 3.8) is 0 Å². The smallest absolute Gasteiger partial charge is 0.322 e. The number of aromatic nitrogens is 2. The second kappa shape index (κ2) is 8.84. The van der Waals surface area contributed by atoms with E-state index in [1.54, 1.807) is 22.3 Å². The van der Waals surface area contributed by atoms with Gasteiger partial charge in [-0.1, -0.05) is 58.7 Å². The molecule has 166 valence electrons. The first kappa shape index (κ1) is 21.4. The Balaban J connectivity index is 1.61. The number of carbonyl (C=O) groups is 1. The molecule has 2 aromatic heterocycles. The maximum atomic E-state index is 13.1. The molecule has 8 heteroatoms. The number of urea groups is 1. The van der Waals surface area contributed by atoms with Crippen molar-refractivity contribution in [3.05, 3.63) is 98.7 Å². The fourth-order valence-corrected chi connectivity index (χ4v) is 4.87. The van der Waals surface area contributed by atoms with Crippen LogP contribution in [-0.2, 0) is 6.54 Å². The molecule has 2 aromatic carbocycles. The van der Waals surface area contributed by atoms with Crippen LogP contribution in [0.1, 0.15) is 34.9 Å². The van der Waals surface area contributed by atoms with E-state index in [2.05, 4.69) is 10.5 Å². The maximum Gasteiger partial charge on any atom is 0.322 e. The summed E-state index contributed by atoms with van der Waals surface area (Å²) in [5.41, 5.74) is 4.34. The van der Waals surface area contributed by atoms with Crippen molar-refractivity contribution in [2.75, 3.05) is 0 Å². The van der Waals surface area contributed by atoms with Gasteiger partial charge in [0.1, 0.15) is 0 Å². The number of hydrogen-bond donors (Lipinski definition) is 1. The van der Waals surface area contributed by atoms with Gasteiger partial charge in [0.15, 0.2) is 0 Å². The molecule has 0 fully saturated rings. The first-order valence-corrected chi connectivity index (χ1v) is 11.7. The SMILES string of the molecule is CC1=C(c2nc(-c3cccc(C)c3)no2)C(c2cccc(Cl)c2)NC(=O)N1Cc1cccs1. The highest BCUT2D eigenvalue weighted by Crippen LogP contribution is 2.38. The number of benzene rings is 2. The fourth-order valence-electron chi connectivity index (χ4n) is 3.98. The summed E-state index contributed by atoms with van der Waals surface area (Å²) in [4.78, 5) is 20.6. The molecule has 5 rings (SSSR count). The third kappa shape index (κ3) is 4.29. The lowest BCUT2D eigenvalue weighted by Gasteiger charge is -2.35. The van der Waals surface area contributed by atoms with Crippen molar-refractivity contribution in [3.8, 4) is 11.4 Å². The zero-order valence-electron chi connectivity index (χ0n) is 18.1. The number of aryl methyl sites for hydroxylation is 1. The average molecular weight is 477 g/mol. The van der Waals surface area contributed by atoms with Crippen LogP contribution in [0.2, 0.25) is 5.02 Å². The molecule has 0 aliphatic carbocycles. The molecule has 3 heterocycles. The van der Waals surface area contributed by atoms with Crippen molar-refractivity contribution < 1.29 is 9.32 Å². The van der Waals surface area contributed by atoms with Gasteiger partial charge in [-0.15, -0.1) is 11.3 Å². The van der Waals surface area contributed by atoms with Gasteiger partial charge in [-0.3, -0.25) is 4.90 Å². The van der Waals surface area contributed by atoms with Crippen molar-refractivity contribution in [1.29, 1.82) is 0 Å². The van der Waals surface area contributed by atoms with Gasteiger partial charge in [0.25, 0.3) is 5.89 Å². The van der Waals surface area contributed by atoms with Crippen LogP contribution in [0.4, 0.5) is 4.79 Å². The highest BCUT2D eigenvalue weighted by molar-refractivity contribution is 7.09. The summed E-state index contributed by atoms with van der Waals surface area (Å²) in [5.74, 6) is 0.866. The van der Waals surface area contributed by atoms with E-state index in [0.29, 0.717) is 23.3 Å². The first-order chi connectivity index (χ1) is 16.0. The molecule has 0 spiro atoms. The lowest BCUT2D eigenvalue weighted by atomic mass is 9.94. The minimum atomic E-state index is -0.471. The van der Waals surface area contributed by atoms with Crippen LogP contribution in [0.25, 0.3) is 17.0 Å². The molecule has 1 unspecified atom stereocenters. The molecular weight excluding hydrogens is 456 g/mol. The highest BCUT2D eigenvalue weighted by Gasteiger charge is 2.36. The molecule has 33 heavy (non-hydrogen) atoms. The number of allylic oxidation sites excluding steroid dienone is 1. The van der Waals surface area contributed by atoms with Gasteiger partial charge >= 0.3 is 6.03 Å². The molecular formula is C25H21ClN4O2S. The summed E-state index contributed by atoms with van der Waals surface area (Å²) in [7, 11) is 0. The predicted molar refractivity (Wildman–Crippen MR) is 130 cm³/mol. The van der Waals surface area contributed by atoms with Gasteiger partial charge in [0, 0.05) is 21.2 Å². The van der Waals surface area contributed by atoms with E-state index in [1.165, 1.54) is 0 Å². The summed E-state index contributed by atoms with van der Waals surface area (Å²) in [5, 5.41) is 9.92. The van der Waals surface area contributed by atoms with Gasteiger partial charge in [-0.05, 0) is 49.1 Å². The number of rotatable bonds is 5. The predicted octanol–water partition coefficient (Wildman–Crippen LogP) is 6.46. The Morgan fingerprint density at radius 1 is 1.12 bits per heavy atom. The van der Waals surface area contributed by atoms with Crippen molar-refractivity contribution in [2.24, 2.45) is 0 Å². The second-order valence-corrected chi connectivity index (χ2v) is 9.36. The molecule has 0 bridgehead atoms. The Morgan fingerprint density at radius 3 is 2.73 bits per heavy atom. The van der Waals surface area contributed by atoms with E-state index >= 15 is 0 Å². The molecule has 2 amide bonds. The van der Waals surface area contributed by atoms with Gasteiger partial charge < -0.3 is 9.84 Å². The minimum absolute atomic E-state index is 0.187. The first-order valence-electron chi connectivity index (χ1n) is 10.5. The zero-order valence-corrected chi connectivity index (χ0v) is 19.7. The number of hydrogen-bond acceptors (Lipinski definition) is 5. The van der Waals surface area contributed by atoms with Crippen LogP contribution in [0, 0.1) is 6.92 Å². The topological polar surface area (TPSA) is 71.3 Å². The molecule has 4 aromatic rings. The summed E-state index contributed by atoms with van der Waals surface area (Å²) >= 11 is 7.87. The second-order valence-electron chi connectivity index (χ2n) is 7.89. The van der Waals surface area contributed by atoms with E-state index in [1.807, 2.05) is 73.8 Å². The van der Waals surface area contributed by atoms with E-state index in [9.17, 15) is 4.79 Å². The largest absolute Gasteiger partial charge is 0.334 e. The number of nitrogens with zero attached hydrogens (tertiary/aromatic N) is 3. The van der Waals surface area contributed by atoms with E-state index < -0.39 is 6.04 Å². The summed E-state index contributed by atoms with van der Waals surface area (Å²) in [6.07, 6.45) is 0. The summed E-state index contributed by atoms with van der Waals surface area (Å²) in [6.45, 7) is 4.39. The van der Waals surface area contributed by atoms with Crippen LogP contribution in [-0.4, -0.2) is 21.1 Å². The van der Waals surface area contributed by atoms with E-state index in [-0.39, 0.29) is 6.03 Å². The van der Waals surface area contributed by atoms with Gasteiger partial charge in [0.05, 0.1) is 18.2 Å². The summed E-state index contributed by atoms with van der Waals surface area (Å²) < 4.78 is 5.74. The van der Waals surface area contributed by atoms with Crippen LogP contribution in [0.3, 0.4) is 0 Å². The Bertz CT molecular complexity index is 1350. The van der Waals surface area contributed by atoms with E-state index in [4.69, 9.17) is 21.1 Å². The molecule has 1 N–H and O–H groups in total. The van der Waals surface area contributed by atoms with Gasteiger partial charge in [0.2, 0.25) is 5.82 Å². The Hall–Kier alpha value is -3.42. The van der Waals surface area contributed by atoms with Crippen LogP contribution in [0.15, 0.2) is 76.3 Å². The number of halogens is 1. The molecule has 6 nitrogen and oxygen atoms in total. The van der Waals surface area contributed by atoms with Crippen molar-refractivity contribution in [1.82, 2.24) is 20.4 Å². The Labute approximate surface area is 200 Å². The normalized spacial score (nSPS) is 16.3. The number of amides is 2. The number of nitrogens with one attached hydrogen (secondary N) is 1. The molecule has 0 saturated heterocycles. The third-order valence-electron chi connectivity index (χ3n) is 5.61. The number of carbonyl (C=O) groups excluding carboxylic acids is 1. The maximum absolute atomic E-state index is 13.1.